The van der Waals surface area contributed by atoms with Gasteiger partial charge in [-0.2, -0.15) is 0 Å². The molecule has 0 unspecified atom stereocenters. The summed E-state index contributed by atoms with van der Waals surface area (Å²) >= 11 is 1.41. The van der Waals surface area contributed by atoms with Gasteiger partial charge in [0.2, 0.25) is 5.91 Å². The van der Waals surface area contributed by atoms with Gasteiger partial charge in [0.25, 0.3) is 0 Å². The van der Waals surface area contributed by atoms with E-state index in [1.165, 1.54) is 11.3 Å². The van der Waals surface area contributed by atoms with E-state index in [0.717, 1.165) is 23.3 Å². The van der Waals surface area contributed by atoms with E-state index in [1.54, 1.807) is 6.92 Å². The van der Waals surface area contributed by atoms with Gasteiger partial charge in [-0.15, -0.1) is 11.3 Å². The van der Waals surface area contributed by atoms with Gasteiger partial charge in [-0.3, -0.25) is 4.79 Å². The quantitative estimate of drug-likeness (QED) is 0.819. The molecule has 21 heavy (non-hydrogen) atoms. The van der Waals surface area contributed by atoms with Crippen LogP contribution in [0.5, 0.6) is 0 Å². The molecule has 3 N–H and O–H groups in total. The van der Waals surface area contributed by atoms with E-state index in [4.69, 9.17) is 10.5 Å². The Hall–Kier alpha value is -1.40. The first-order valence-electron chi connectivity index (χ1n) is 7.32. The highest BCUT2D eigenvalue weighted by atomic mass is 32.1. The largest absolute Gasteiger partial charge is 0.462 e. The third kappa shape index (κ3) is 2.96. The van der Waals surface area contributed by atoms with Crippen molar-refractivity contribution >= 4 is 28.2 Å². The summed E-state index contributed by atoms with van der Waals surface area (Å²) < 4.78 is 5.12. The number of ether oxygens (including phenoxy) is 1. The minimum absolute atomic E-state index is 0.205. The highest BCUT2D eigenvalue weighted by molar-refractivity contribution is 7.16. The van der Waals surface area contributed by atoms with Gasteiger partial charge >= 0.3 is 5.97 Å². The zero-order chi connectivity index (χ0) is 15.6. The Morgan fingerprint density at radius 3 is 2.52 bits per heavy atom. The molecular formula is C15H22N2O3S. The minimum Gasteiger partial charge on any atom is -0.462 e. The Bertz CT molecular complexity index is 562. The van der Waals surface area contributed by atoms with Crippen molar-refractivity contribution < 1.29 is 14.3 Å². The monoisotopic (exact) mass is 310 g/mol. The highest BCUT2D eigenvalue weighted by Gasteiger charge is 2.41. The van der Waals surface area contributed by atoms with Crippen molar-refractivity contribution in [2.75, 3.05) is 11.9 Å². The second-order valence-electron chi connectivity index (χ2n) is 5.38. The van der Waals surface area contributed by atoms with E-state index in [-0.39, 0.29) is 11.9 Å². The van der Waals surface area contributed by atoms with Gasteiger partial charge in [0.1, 0.15) is 5.00 Å². The number of thiophene rings is 1. The molecule has 0 aliphatic heterocycles. The number of carbonyl (C=O) groups excluding carboxylic acids is 2. The molecule has 5 nitrogen and oxygen atoms in total. The Morgan fingerprint density at radius 1 is 1.38 bits per heavy atom. The van der Waals surface area contributed by atoms with Gasteiger partial charge in [-0.05, 0) is 45.1 Å². The van der Waals surface area contributed by atoms with Crippen LogP contribution in [0.15, 0.2) is 0 Å². The van der Waals surface area contributed by atoms with E-state index < -0.39 is 5.54 Å². The Balaban J connectivity index is 2.30. The lowest BCUT2D eigenvalue weighted by atomic mass is 9.77. The number of esters is 1. The first kappa shape index (κ1) is 16.0. The van der Waals surface area contributed by atoms with Crippen LogP contribution >= 0.6 is 11.3 Å². The van der Waals surface area contributed by atoms with Crippen LogP contribution in [-0.4, -0.2) is 24.0 Å². The van der Waals surface area contributed by atoms with Crippen LogP contribution in [0.25, 0.3) is 0 Å². The first-order valence-corrected chi connectivity index (χ1v) is 8.14. The normalized spacial score (nSPS) is 16.2. The van der Waals surface area contributed by atoms with Gasteiger partial charge < -0.3 is 15.8 Å². The highest BCUT2D eigenvalue weighted by Crippen LogP contribution is 2.36. The predicted molar refractivity (Wildman–Crippen MR) is 83.8 cm³/mol. The number of hydrogen-bond donors (Lipinski definition) is 2. The molecule has 1 aromatic rings. The average Bonchev–Trinajstić information content (AvgIpc) is 2.71. The lowest BCUT2D eigenvalue weighted by Gasteiger charge is -2.36. The van der Waals surface area contributed by atoms with Crippen LogP contribution in [0.1, 0.15) is 53.9 Å². The molecule has 0 saturated heterocycles. The summed E-state index contributed by atoms with van der Waals surface area (Å²) in [6, 6.07) is 0. The van der Waals surface area contributed by atoms with Crippen molar-refractivity contribution in [1.82, 2.24) is 0 Å². The molecule has 1 amide bonds. The minimum atomic E-state index is -0.782. The Morgan fingerprint density at radius 2 is 2.05 bits per heavy atom. The average molecular weight is 310 g/mol. The van der Waals surface area contributed by atoms with E-state index in [2.05, 4.69) is 5.32 Å². The van der Waals surface area contributed by atoms with Gasteiger partial charge in [-0.1, -0.05) is 6.92 Å². The summed E-state index contributed by atoms with van der Waals surface area (Å²) in [5, 5.41) is 3.40. The molecule has 116 valence electrons. The second kappa shape index (κ2) is 6.15. The summed E-state index contributed by atoms with van der Waals surface area (Å²) in [7, 11) is 0. The molecule has 0 aromatic carbocycles. The van der Waals surface area contributed by atoms with Crippen LogP contribution in [0.3, 0.4) is 0 Å². The molecule has 0 atom stereocenters. The van der Waals surface area contributed by atoms with Crippen LogP contribution in [0, 0.1) is 6.92 Å². The zero-order valence-corrected chi connectivity index (χ0v) is 13.6. The van der Waals surface area contributed by atoms with Crippen molar-refractivity contribution in [3.05, 3.63) is 16.0 Å². The molecule has 1 aliphatic rings. The van der Waals surface area contributed by atoms with Crippen molar-refractivity contribution in [3.63, 3.8) is 0 Å². The smallest absolute Gasteiger partial charge is 0.341 e. The number of aryl methyl sites for hydroxylation is 1. The molecule has 0 radical (unpaired) electrons. The lowest BCUT2D eigenvalue weighted by molar-refractivity contribution is -0.123. The maximum atomic E-state index is 12.3. The van der Waals surface area contributed by atoms with Crippen LogP contribution in [0.2, 0.25) is 0 Å². The number of nitrogens with one attached hydrogen (secondary N) is 1. The Kier molecular flexibility index (Phi) is 4.68. The Labute approximate surface area is 128 Å². The molecule has 6 heteroatoms. The second-order valence-corrected chi connectivity index (χ2v) is 6.60. The SMILES string of the molecule is CCOC(=O)c1c(NC(=O)C2(N)CCC2)sc(C)c1CC. The molecule has 0 bridgehead atoms. The third-order valence-corrected chi connectivity index (χ3v) is 5.03. The molecule has 1 fully saturated rings. The van der Waals surface area contributed by atoms with Crippen molar-refractivity contribution in [2.24, 2.45) is 5.73 Å². The molecule has 1 aromatic heterocycles. The predicted octanol–water partition coefficient (Wildman–Crippen LogP) is 2.62. The topological polar surface area (TPSA) is 81.4 Å². The molecule has 0 spiro atoms. The fourth-order valence-corrected chi connectivity index (χ4v) is 3.65. The number of rotatable bonds is 5. The number of nitrogens with two attached hydrogens (primary N) is 1. The molecular weight excluding hydrogens is 288 g/mol. The number of carbonyl (C=O) groups is 2. The van der Waals surface area contributed by atoms with Gasteiger partial charge in [0.05, 0.1) is 17.7 Å². The fraction of sp³-hybridized carbons (Fsp3) is 0.600. The summed E-state index contributed by atoms with van der Waals surface area (Å²) in [6.45, 7) is 6.01. The maximum Gasteiger partial charge on any atom is 0.341 e. The van der Waals surface area contributed by atoms with E-state index in [0.29, 0.717) is 30.0 Å². The zero-order valence-electron chi connectivity index (χ0n) is 12.7. The number of anilines is 1. The summed E-state index contributed by atoms with van der Waals surface area (Å²) in [4.78, 5) is 25.5. The van der Waals surface area contributed by atoms with Crippen LogP contribution in [-0.2, 0) is 16.0 Å². The third-order valence-electron chi connectivity index (χ3n) is 3.97. The van der Waals surface area contributed by atoms with Crippen molar-refractivity contribution in [2.45, 2.75) is 52.0 Å². The summed E-state index contributed by atoms with van der Waals surface area (Å²) in [5.41, 5.74) is 6.67. The van der Waals surface area contributed by atoms with Crippen LogP contribution in [0.4, 0.5) is 5.00 Å². The maximum absolute atomic E-state index is 12.3. The van der Waals surface area contributed by atoms with Gasteiger partial charge in [0, 0.05) is 4.88 Å². The molecule has 1 saturated carbocycles. The summed E-state index contributed by atoms with van der Waals surface area (Å²) in [5.74, 6) is -0.586. The van der Waals surface area contributed by atoms with Gasteiger partial charge in [-0.25, -0.2) is 4.79 Å². The van der Waals surface area contributed by atoms with Crippen LogP contribution < -0.4 is 11.1 Å². The fourth-order valence-electron chi connectivity index (χ4n) is 2.52. The van der Waals surface area contributed by atoms with E-state index in [1.807, 2.05) is 13.8 Å². The number of amides is 1. The number of hydrogen-bond acceptors (Lipinski definition) is 5. The lowest BCUT2D eigenvalue weighted by Crippen LogP contribution is -2.56. The van der Waals surface area contributed by atoms with E-state index >= 15 is 0 Å². The molecule has 2 rings (SSSR count). The molecule has 1 aliphatic carbocycles. The summed E-state index contributed by atoms with van der Waals surface area (Å²) in [6.07, 6.45) is 3.08. The van der Waals surface area contributed by atoms with Gasteiger partial charge in [0.15, 0.2) is 0 Å². The standard InChI is InChI=1S/C15H22N2O3S/c1-4-10-9(3)21-12(11(10)13(18)20-5-2)17-14(19)15(16)7-6-8-15/h4-8,16H2,1-3H3,(H,17,19). The van der Waals surface area contributed by atoms with Crippen molar-refractivity contribution in [1.29, 1.82) is 0 Å². The molecule has 1 heterocycles. The first-order chi connectivity index (χ1) is 9.92. The van der Waals surface area contributed by atoms with E-state index in [9.17, 15) is 9.59 Å². The van der Waals surface area contributed by atoms with Crippen molar-refractivity contribution in [3.8, 4) is 0 Å².